The molecule has 0 saturated carbocycles. The summed E-state index contributed by atoms with van der Waals surface area (Å²) in [6.07, 6.45) is 7.32. The van der Waals surface area contributed by atoms with Gasteiger partial charge in [-0.2, -0.15) is 10.2 Å². The van der Waals surface area contributed by atoms with Crippen LogP contribution >= 0.6 is 0 Å². The summed E-state index contributed by atoms with van der Waals surface area (Å²) in [5.74, 6) is 0. The van der Waals surface area contributed by atoms with Crippen LogP contribution in [0.1, 0.15) is 12.5 Å². The number of nitrogens with zero attached hydrogens (tertiary/aromatic N) is 4. The van der Waals surface area contributed by atoms with Crippen molar-refractivity contribution in [3.63, 3.8) is 0 Å². The van der Waals surface area contributed by atoms with Gasteiger partial charge in [-0.25, -0.2) is 4.39 Å². The molecule has 0 fully saturated rings. The number of aryl methyl sites for hydroxylation is 2. The minimum absolute atomic E-state index is 0.301. The zero-order valence-electron chi connectivity index (χ0n) is 9.80. The predicted octanol–water partition coefficient (Wildman–Crippen LogP) is 1.68. The molecule has 92 valence electrons. The molecule has 0 aromatic carbocycles. The van der Waals surface area contributed by atoms with Crippen molar-refractivity contribution in [2.75, 3.05) is 12.0 Å². The highest BCUT2D eigenvalue weighted by molar-refractivity contribution is 5.38. The van der Waals surface area contributed by atoms with Crippen molar-refractivity contribution >= 4 is 5.69 Å². The van der Waals surface area contributed by atoms with E-state index < -0.39 is 6.67 Å². The lowest BCUT2D eigenvalue weighted by atomic mass is 10.3. The zero-order chi connectivity index (χ0) is 12.1. The molecule has 0 unspecified atom stereocenters. The van der Waals surface area contributed by atoms with Crippen molar-refractivity contribution in [2.45, 2.75) is 26.6 Å². The van der Waals surface area contributed by atoms with Gasteiger partial charge in [0.2, 0.25) is 0 Å². The van der Waals surface area contributed by atoms with E-state index in [1.165, 1.54) is 0 Å². The Labute approximate surface area is 99.2 Å². The maximum Gasteiger partial charge on any atom is 0.109 e. The Morgan fingerprint density at radius 2 is 2.06 bits per heavy atom. The predicted molar refractivity (Wildman–Crippen MR) is 63.4 cm³/mol. The molecule has 0 aliphatic heterocycles. The third-order valence-corrected chi connectivity index (χ3v) is 2.45. The molecule has 0 aliphatic rings. The summed E-state index contributed by atoms with van der Waals surface area (Å²) >= 11 is 0. The third kappa shape index (κ3) is 3.05. The van der Waals surface area contributed by atoms with Gasteiger partial charge in [0, 0.05) is 31.0 Å². The maximum absolute atomic E-state index is 12.1. The van der Waals surface area contributed by atoms with Crippen LogP contribution in [0, 0.1) is 0 Å². The van der Waals surface area contributed by atoms with Gasteiger partial charge in [-0.1, -0.05) is 0 Å². The van der Waals surface area contributed by atoms with Crippen LogP contribution in [-0.2, 0) is 19.6 Å². The summed E-state index contributed by atoms with van der Waals surface area (Å²) in [6, 6.07) is 0. The molecular weight excluding hydrogens is 221 g/mol. The fraction of sp³-hybridized carbons (Fsp3) is 0.455. The Morgan fingerprint density at radius 1 is 1.24 bits per heavy atom. The summed E-state index contributed by atoms with van der Waals surface area (Å²) in [6.45, 7) is 3.51. The SMILES string of the molecule is CCn1cc(CNc2cnn(CCF)c2)cn1. The molecule has 0 spiro atoms. The number of alkyl halides is 1. The van der Waals surface area contributed by atoms with E-state index in [-0.39, 0.29) is 0 Å². The molecule has 0 amide bonds. The molecule has 6 heteroatoms. The highest BCUT2D eigenvalue weighted by Gasteiger charge is 2.00. The fourth-order valence-electron chi connectivity index (χ4n) is 1.54. The van der Waals surface area contributed by atoms with Crippen molar-refractivity contribution in [1.82, 2.24) is 19.6 Å². The number of anilines is 1. The molecule has 1 N–H and O–H groups in total. The highest BCUT2D eigenvalue weighted by atomic mass is 19.1. The van der Waals surface area contributed by atoms with Crippen LogP contribution in [0.25, 0.3) is 0 Å². The first-order valence-electron chi connectivity index (χ1n) is 5.65. The van der Waals surface area contributed by atoms with Gasteiger partial charge < -0.3 is 5.32 Å². The van der Waals surface area contributed by atoms with Gasteiger partial charge in [-0.05, 0) is 6.92 Å². The fourth-order valence-corrected chi connectivity index (χ4v) is 1.54. The minimum atomic E-state index is -0.398. The largest absolute Gasteiger partial charge is 0.378 e. The molecule has 2 rings (SSSR count). The Balaban J connectivity index is 1.88. The number of rotatable bonds is 6. The van der Waals surface area contributed by atoms with E-state index in [4.69, 9.17) is 0 Å². The Morgan fingerprint density at radius 3 is 2.76 bits per heavy atom. The van der Waals surface area contributed by atoms with Crippen molar-refractivity contribution in [2.24, 2.45) is 0 Å². The normalized spacial score (nSPS) is 10.7. The van der Waals surface area contributed by atoms with Crippen LogP contribution < -0.4 is 5.32 Å². The van der Waals surface area contributed by atoms with Gasteiger partial charge in [-0.3, -0.25) is 9.36 Å². The van der Waals surface area contributed by atoms with Crippen LogP contribution in [0.4, 0.5) is 10.1 Å². The van der Waals surface area contributed by atoms with E-state index in [9.17, 15) is 4.39 Å². The number of halogens is 1. The second kappa shape index (κ2) is 5.47. The van der Waals surface area contributed by atoms with E-state index in [1.807, 2.05) is 24.0 Å². The highest BCUT2D eigenvalue weighted by Crippen LogP contribution is 2.07. The van der Waals surface area contributed by atoms with Crippen molar-refractivity contribution < 1.29 is 4.39 Å². The lowest BCUT2D eigenvalue weighted by Crippen LogP contribution is -2.00. The van der Waals surface area contributed by atoms with Gasteiger partial charge >= 0.3 is 0 Å². The smallest absolute Gasteiger partial charge is 0.109 e. The van der Waals surface area contributed by atoms with Gasteiger partial charge in [0.1, 0.15) is 6.67 Å². The molecule has 0 bridgehead atoms. The number of hydrogen-bond donors (Lipinski definition) is 1. The molecule has 2 heterocycles. The average molecular weight is 237 g/mol. The van der Waals surface area contributed by atoms with Crippen LogP contribution in [0.15, 0.2) is 24.8 Å². The number of aromatic nitrogens is 4. The standard InChI is InChI=1S/C11H16FN5/c1-2-16-8-10(6-14-16)5-13-11-7-15-17(9-11)4-3-12/h6-9,13H,2-5H2,1H3. The summed E-state index contributed by atoms with van der Waals surface area (Å²) < 4.78 is 15.5. The zero-order valence-corrected chi connectivity index (χ0v) is 9.80. The molecule has 2 aromatic rings. The average Bonchev–Trinajstić information content (AvgIpc) is 2.95. The lowest BCUT2D eigenvalue weighted by molar-refractivity contribution is 0.427. The molecular formula is C11H16FN5. The van der Waals surface area contributed by atoms with Crippen LogP contribution in [0.3, 0.4) is 0 Å². The first kappa shape index (κ1) is 11.6. The van der Waals surface area contributed by atoms with E-state index in [0.717, 1.165) is 17.8 Å². The topological polar surface area (TPSA) is 47.7 Å². The van der Waals surface area contributed by atoms with E-state index in [0.29, 0.717) is 13.1 Å². The molecule has 0 radical (unpaired) electrons. The van der Waals surface area contributed by atoms with Gasteiger partial charge in [0.15, 0.2) is 0 Å². The molecule has 0 atom stereocenters. The molecule has 0 aliphatic carbocycles. The molecule has 5 nitrogen and oxygen atoms in total. The molecule has 2 aromatic heterocycles. The summed E-state index contributed by atoms with van der Waals surface area (Å²) in [5, 5.41) is 11.4. The minimum Gasteiger partial charge on any atom is -0.378 e. The Kier molecular flexibility index (Phi) is 3.74. The van der Waals surface area contributed by atoms with Crippen LogP contribution in [-0.4, -0.2) is 26.2 Å². The second-order valence-electron chi connectivity index (χ2n) is 3.74. The van der Waals surface area contributed by atoms with Crippen molar-refractivity contribution in [1.29, 1.82) is 0 Å². The Hall–Kier alpha value is -1.85. The van der Waals surface area contributed by atoms with E-state index in [1.54, 1.807) is 17.1 Å². The summed E-state index contributed by atoms with van der Waals surface area (Å²) in [7, 11) is 0. The third-order valence-electron chi connectivity index (χ3n) is 2.45. The van der Waals surface area contributed by atoms with Gasteiger partial charge in [-0.15, -0.1) is 0 Å². The first-order chi connectivity index (χ1) is 8.31. The van der Waals surface area contributed by atoms with Crippen LogP contribution in [0.5, 0.6) is 0 Å². The van der Waals surface area contributed by atoms with Gasteiger partial charge in [0.05, 0.1) is 24.6 Å². The van der Waals surface area contributed by atoms with Crippen molar-refractivity contribution in [3.8, 4) is 0 Å². The second-order valence-corrected chi connectivity index (χ2v) is 3.74. The summed E-state index contributed by atoms with van der Waals surface area (Å²) in [5.41, 5.74) is 2.01. The van der Waals surface area contributed by atoms with Gasteiger partial charge in [0.25, 0.3) is 0 Å². The molecule has 0 saturated heterocycles. The van der Waals surface area contributed by atoms with Crippen molar-refractivity contribution in [3.05, 3.63) is 30.4 Å². The summed E-state index contributed by atoms with van der Waals surface area (Å²) in [4.78, 5) is 0. The monoisotopic (exact) mass is 237 g/mol. The molecule has 17 heavy (non-hydrogen) atoms. The number of hydrogen-bond acceptors (Lipinski definition) is 3. The maximum atomic E-state index is 12.1. The number of nitrogens with one attached hydrogen (secondary N) is 1. The lowest BCUT2D eigenvalue weighted by Gasteiger charge is -2.00. The Bertz CT molecular complexity index is 462. The van der Waals surface area contributed by atoms with E-state index >= 15 is 0 Å². The van der Waals surface area contributed by atoms with E-state index in [2.05, 4.69) is 15.5 Å². The quantitative estimate of drug-likeness (QED) is 0.831. The first-order valence-corrected chi connectivity index (χ1v) is 5.65. The van der Waals surface area contributed by atoms with Crippen LogP contribution in [0.2, 0.25) is 0 Å².